The summed E-state index contributed by atoms with van der Waals surface area (Å²) in [7, 11) is 0. The van der Waals surface area contributed by atoms with E-state index >= 15 is 0 Å². The van der Waals surface area contributed by atoms with Crippen molar-refractivity contribution in [2.45, 2.75) is 67.0 Å². The molecule has 0 aromatic heterocycles. The highest BCUT2D eigenvalue weighted by Crippen LogP contribution is 2.22. The second-order valence-electron chi connectivity index (χ2n) is 5.62. The number of ether oxygens (including phenoxy) is 1. The van der Waals surface area contributed by atoms with E-state index in [4.69, 9.17) is 4.74 Å². The fourth-order valence-electron chi connectivity index (χ4n) is 1.10. The molecule has 0 saturated heterocycles. The molecule has 0 fully saturated rings. The molecule has 4 heteroatoms. The maximum absolute atomic E-state index is 11.8. The lowest BCUT2D eigenvalue weighted by molar-refractivity contribution is -0.161. The minimum atomic E-state index is -0.616. The van der Waals surface area contributed by atoms with Gasteiger partial charge in [0.15, 0.2) is 0 Å². The standard InChI is InChI=1S/C11H21NO3.C2H6/c1-10(2,3)8(12-7-13)9(14)15-11(4,5)6;1-2/h7-8H,1-6H3,(H,12,13);1-2H3/t8-;/m1./s1. The second kappa shape index (κ2) is 7.30. The molecule has 0 rings (SSSR count). The van der Waals surface area contributed by atoms with Crippen LogP contribution in [0.4, 0.5) is 0 Å². The maximum Gasteiger partial charge on any atom is 0.329 e. The van der Waals surface area contributed by atoms with Crippen molar-refractivity contribution in [3.05, 3.63) is 0 Å². The first kappa shape index (κ1) is 18.3. The SMILES string of the molecule is CC.CC(C)(C)OC(=O)[C@@H](NC=O)C(C)(C)C. The topological polar surface area (TPSA) is 55.4 Å². The van der Waals surface area contributed by atoms with Crippen LogP contribution in [0.1, 0.15) is 55.4 Å². The smallest absolute Gasteiger partial charge is 0.329 e. The molecular weight excluding hydrogens is 218 g/mol. The molecule has 1 amide bonds. The van der Waals surface area contributed by atoms with Gasteiger partial charge in [-0.25, -0.2) is 4.79 Å². The third-order valence-corrected chi connectivity index (χ3v) is 1.74. The van der Waals surface area contributed by atoms with Crippen LogP contribution in [0.3, 0.4) is 0 Å². The number of carbonyl (C=O) groups is 2. The fraction of sp³-hybridized carbons (Fsp3) is 0.846. The second-order valence-corrected chi connectivity index (χ2v) is 5.62. The summed E-state index contributed by atoms with van der Waals surface area (Å²) in [5, 5.41) is 2.49. The van der Waals surface area contributed by atoms with Crippen LogP contribution in [0.5, 0.6) is 0 Å². The number of carbonyl (C=O) groups excluding carboxylic acids is 2. The van der Waals surface area contributed by atoms with Crippen LogP contribution >= 0.6 is 0 Å². The molecular formula is C13H27NO3. The highest BCUT2D eigenvalue weighted by molar-refractivity contribution is 5.79. The van der Waals surface area contributed by atoms with Gasteiger partial charge in [-0.05, 0) is 26.2 Å². The Morgan fingerprint density at radius 2 is 1.53 bits per heavy atom. The van der Waals surface area contributed by atoms with Crippen LogP contribution in [0.2, 0.25) is 0 Å². The van der Waals surface area contributed by atoms with Gasteiger partial charge in [0.25, 0.3) is 0 Å². The number of esters is 1. The summed E-state index contributed by atoms with van der Waals surface area (Å²) < 4.78 is 5.22. The molecule has 0 radical (unpaired) electrons. The molecule has 0 heterocycles. The van der Waals surface area contributed by atoms with Crippen LogP contribution < -0.4 is 5.32 Å². The molecule has 0 bridgehead atoms. The van der Waals surface area contributed by atoms with Gasteiger partial charge in [0, 0.05) is 0 Å². The minimum Gasteiger partial charge on any atom is -0.458 e. The summed E-state index contributed by atoms with van der Waals surface area (Å²) >= 11 is 0. The molecule has 0 aliphatic rings. The van der Waals surface area contributed by atoms with E-state index in [9.17, 15) is 9.59 Å². The molecule has 1 N–H and O–H groups in total. The van der Waals surface area contributed by atoms with E-state index in [1.807, 2.05) is 34.6 Å². The zero-order chi connectivity index (χ0) is 14.3. The van der Waals surface area contributed by atoms with Gasteiger partial charge >= 0.3 is 5.97 Å². The maximum atomic E-state index is 11.8. The number of amides is 1. The normalized spacial score (nSPS) is 12.9. The molecule has 4 nitrogen and oxygen atoms in total. The summed E-state index contributed by atoms with van der Waals surface area (Å²) in [6.45, 7) is 15.0. The third-order valence-electron chi connectivity index (χ3n) is 1.74. The lowest BCUT2D eigenvalue weighted by Gasteiger charge is -2.31. The van der Waals surface area contributed by atoms with Gasteiger partial charge in [-0.2, -0.15) is 0 Å². The average molecular weight is 245 g/mol. The highest BCUT2D eigenvalue weighted by atomic mass is 16.6. The Morgan fingerprint density at radius 3 is 1.76 bits per heavy atom. The lowest BCUT2D eigenvalue weighted by atomic mass is 9.87. The first-order chi connectivity index (χ1) is 7.58. The molecule has 0 aromatic rings. The van der Waals surface area contributed by atoms with Gasteiger partial charge < -0.3 is 10.1 Å². The summed E-state index contributed by atoms with van der Waals surface area (Å²) in [5.41, 5.74) is -0.894. The van der Waals surface area contributed by atoms with Crippen LogP contribution in [0.25, 0.3) is 0 Å². The number of nitrogens with one attached hydrogen (secondary N) is 1. The van der Waals surface area contributed by atoms with Crippen molar-refractivity contribution < 1.29 is 14.3 Å². The average Bonchev–Trinajstić information content (AvgIpc) is 2.12. The van der Waals surface area contributed by atoms with E-state index in [0.29, 0.717) is 6.41 Å². The van der Waals surface area contributed by atoms with E-state index in [0.717, 1.165) is 0 Å². The van der Waals surface area contributed by atoms with Crippen molar-refractivity contribution in [1.82, 2.24) is 5.32 Å². The summed E-state index contributed by atoms with van der Waals surface area (Å²) in [6.07, 6.45) is 0.528. The molecule has 0 unspecified atom stereocenters. The molecule has 0 aromatic carbocycles. The van der Waals surface area contributed by atoms with Crippen LogP contribution in [-0.4, -0.2) is 24.0 Å². The Hall–Kier alpha value is -1.06. The molecule has 17 heavy (non-hydrogen) atoms. The van der Waals surface area contributed by atoms with E-state index in [1.165, 1.54) is 0 Å². The Labute approximate surface area is 105 Å². The largest absolute Gasteiger partial charge is 0.458 e. The molecule has 1 atom stereocenters. The molecule has 0 aliphatic carbocycles. The van der Waals surface area contributed by atoms with Gasteiger partial charge in [0.1, 0.15) is 11.6 Å². The predicted octanol–water partition coefficient (Wildman–Crippen LogP) is 2.52. The molecule has 0 aliphatic heterocycles. The van der Waals surface area contributed by atoms with E-state index in [-0.39, 0.29) is 5.41 Å². The van der Waals surface area contributed by atoms with Gasteiger partial charge in [-0.1, -0.05) is 34.6 Å². The molecule has 0 spiro atoms. The number of rotatable bonds is 3. The van der Waals surface area contributed by atoms with E-state index in [2.05, 4.69) is 5.32 Å². The Kier molecular flexibility index (Phi) is 7.86. The lowest BCUT2D eigenvalue weighted by Crippen LogP contribution is -2.48. The van der Waals surface area contributed by atoms with Crippen LogP contribution in [0.15, 0.2) is 0 Å². The monoisotopic (exact) mass is 245 g/mol. The third kappa shape index (κ3) is 8.72. The van der Waals surface area contributed by atoms with Crippen molar-refractivity contribution in [3.8, 4) is 0 Å². The Bertz CT molecular complexity index is 236. The van der Waals surface area contributed by atoms with Crippen molar-refractivity contribution in [2.24, 2.45) is 5.41 Å². The van der Waals surface area contributed by atoms with Crippen LogP contribution in [0, 0.1) is 5.41 Å². The molecule has 102 valence electrons. The van der Waals surface area contributed by atoms with Gasteiger partial charge in [-0.3, -0.25) is 4.79 Å². The summed E-state index contributed by atoms with van der Waals surface area (Å²) in [4.78, 5) is 22.2. The first-order valence-corrected chi connectivity index (χ1v) is 6.00. The van der Waals surface area contributed by atoms with E-state index < -0.39 is 17.6 Å². The number of hydrogen-bond donors (Lipinski definition) is 1. The number of hydrogen-bond acceptors (Lipinski definition) is 3. The van der Waals surface area contributed by atoms with Gasteiger partial charge in [0.2, 0.25) is 6.41 Å². The van der Waals surface area contributed by atoms with Crippen molar-refractivity contribution in [3.63, 3.8) is 0 Å². The van der Waals surface area contributed by atoms with E-state index in [1.54, 1.807) is 20.8 Å². The van der Waals surface area contributed by atoms with Gasteiger partial charge in [0.05, 0.1) is 0 Å². The Balaban J connectivity index is 0. The van der Waals surface area contributed by atoms with Gasteiger partial charge in [-0.15, -0.1) is 0 Å². The highest BCUT2D eigenvalue weighted by Gasteiger charge is 2.34. The first-order valence-electron chi connectivity index (χ1n) is 6.00. The quantitative estimate of drug-likeness (QED) is 0.614. The fourth-order valence-corrected chi connectivity index (χ4v) is 1.10. The van der Waals surface area contributed by atoms with Crippen molar-refractivity contribution >= 4 is 12.4 Å². The Morgan fingerprint density at radius 1 is 1.12 bits per heavy atom. The van der Waals surface area contributed by atoms with Crippen molar-refractivity contribution in [2.75, 3.05) is 0 Å². The van der Waals surface area contributed by atoms with Crippen LogP contribution in [-0.2, 0) is 14.3 Å². The predicted molar refractivity (Wildman–Crippen MR) is 69.6 cm³/mol. The van der Waals surface area contributed by atoms with Crippen molar-refractivity contribution in [1.29, 1.82) is 0 Å². The zero-order valence-electron chi connectivity index (χ0n) is 12.4. The minimum absolute atomic E-state index is 0.358. The zero-order valence-corrected chi connectivity index (χ0v) is 12.4. The summed E-state index contributed by atoms with van der Waals surface area (Å²) in [6, 6.07) is -0.616. The molecule has 0 saturated carbocycles. The summed E-state index contributed by atoms with van der Waals surface area (Å²) in [5.74, 6) is -0.401.